The molecule has 1 N–H and O–H groups in total. The summed E-state index contributed by atoms with van der Waals surface area (Å²) in [6.07, 6.45) is 0.888. The quantitative estimate of drug-likeness (QED) is 0.642. The maximum absolute atomic E-state index is 12.9. The van der Waals surface area contributed by atoms with Gasteiger partial charge in [0.15, 0.2) is 11.5 Å². The Morgan fingerprint density at radius 3 is 2.87 bits per heavy atom. The average molecular weight is 436 g/mol. The van der Waals surface area contributed by atoms with Crippen LogP contribution in [-0.4, -0.2) is 34.5 Å². The minimum absolute atomic E-state index is 0.0159. The Kier molecular flexibility index (Phi) is 5.30. The van der Waals surface area contributed by atoms with E-state index in [-0.39, 0.29) is 18.6 Å². The number of carbonyl (C=O) groups is 2. The third kappa shape index (κ3) is 4.11. The second-order valence-corrected chi connectivity index (χ2v) is 8.35. The van der Waals surface area contributed by atoms with Crippen LogP contribution in [0.4, 0.5) is 0 Å². The van der Waals surface area contributed by atoms with Crippen LogP contribution in [0.25, 0.3) is 10.6 Å². The highest BCUT2D eigenvalue weighted by molar-refractivity contribution is 7.13. The van der Waals surface area contributed by atoms with Gasteiger partial charge in [-0.1, -0.05) is 36.4 Å². The van der Waals surface area contributed by atoms with Crippen LogP contribution in [0.3, 0.4) is 0 Å². The Balaban J connectivity index is 1.22. The Morgan fingerprint density at radius 2 is 2.00 bits per heavy atom. The molecule has 0 radical (unpaired) electrons. The first-order valence-electron chi connectivity index (χ1n) is 10.1. The van der Waals surface area contributed by atoms with Crippen LogP contribution in [0.15, 0.2) is 53.9 Å². The minimum Gasteiger partial charge on any atom is -0.454 e. The molecular weight excluding hydrogens is 414 g/mol. The van der Waals surface area contributed by atoms with E-state index in [1.54, 1.807) is 16.2 Å². The summed E-state index contributed by atoms with van der Waals surface area (Å²) in [5.74, 6) is 1.20. The van der Waals surface area contributed by atoms with Crippen LogP contribution < -0.4 is 14.8 Å². The van der Waals surface area contributed by atoms with E-state index in [0.717, 1.165) is 21.8 Å². The van der Waals surface area contributed by atoms with Crippen molar-refractivity contribution in [3.8, 4) is 22.1 Å². The van der Waals surface area contributed by atoms with Gasteiger partial charge in [-0.15, -0.1) is 11.3 Å². The summed E-state index contributed by atoms with van der Waals surface area (Å²) in [6, 6.07) is 15.1. The lowest BCUT2D eigenvalue weighted by Crippen LogP contribution is -2.44. The minimum atomic E-state index is -0.481. The zero-order chi connectivity index (χ0) is 21.2. The molecule has 5 rings (SSSR count). The second kappa shape index (κ2) is 8.39. The number of aromatic nitrogens is 1. The topological polar surface area (TPSA) is 80.8 Å². The normalized spacial score (nSPS) is 17.2. The summed E-state index contributed by atoms with van der Waals surface area (Å²) >= 11 is 1.55. The molecule has 158 valence electrons. The lowest BCUT2D eigenvalue weighted by Gasteiger charge is -2.24. The van der Waals surface area contributed by atoms with E-state index in [1.165, 1.54) is 0 Å². The number of amides is 2. The molecule has 31 heavy (non-hydrogen) atoms. The predicted molar refractivity (Wildman–Crippen MR) is 116 cm³/mol. The molecule has 3 heterocycles. The number of hydrogen-bond donors (Lipinski definition) is 1. The molecule has 2 aromatic carbocycles. The standard InChI is InChI=1S/C23H21N3O4S/c27-21-9-7-18(26(21)12-15-6-8-19-20(10-15)30-14-29-19)22(28)24-11-17-13-31-23(25-17)16-4-2-1-3-5-16/h1-6,8,10,13,18H,7,9,11-12,14H2,(H,24,28). The molecule has 2 aliphatic rings. The number of hydrogen-bond acceptors (Lipinski definition) is 6. The third-order valence-corrected chi connectivity index (χ3v) is 6.38. The first-order chi connectivity index (χ1) is 15.2. The smallest absolute Gasteiger partial charge is 0.243 e. The predicted octanol–water partition coefficient (Wildman–Crippen LogP) is 3.35. The van der Waals surface area contributed by atoms with Crippen molar-refractivity contribution in [1.29, 1.82) is 0 Å². The van der Waals surface area contributed by atoms with Gasteiger partial charge >= 0.3 is 0 Å². The van der Waals surface area contributed by atoms with Gasteiger partial charge in [0.1, 0.15) is 11.0 Å². The first-order valence-corrected chi connectivity index (χ1v) is 11.0. The molecule has 2 aliphatic heterocycles. The Hall–Kier alpha value is -3.39. The van der Waals surface area contributed by atoms with Crippen molar-refractivity contribution in [2.75, 3.05) is 6.79 Å². The lowest BCUT2D eigenvalue weighted by atomic mass is 10.1. The fraction of sp³-hybridized carbons (Fsp3) is 0.261. The summed E-state index contributed by atoms with van der Waals surface area (Å²) in [5.41, 5.74) is 2.77. The number of likely N-dealkylation sites (tertiary alicyclic amines) is 1. The van der Waals surface area contributed by atoms with Gasteiger partial charge in [0.05, 0.1) is 12.2 Å². The molecule has 0 bridgehead atoms. The molecule has 1 atom stereocenters. The molecule has 7 nitrogen and oxygen atoms in total. The monoisotopic (exact) mass is 435 g/mol. The van der Waals surface area contributed by atoms with E-state index in [2.05, 4.69) is 10.3 Å². The maximum Gasteiger partial charge on any atom is 0.243 e. The van der Waals surface area contributed by atoms with Crippen molar-refractivity contribution < 1.29 is 19.1 Å². The molecule has 0 aliphatic carbocycles. The maximum atomic E-state index is 12.9. The van der Waals surface area contributed by atoms with Gasteiger partial charge in [-0.05, 0) is 24.1 Å². The van der Waals surface area contributed by atoms with Crippen molar-refractivity contribution in [3.63, 3.8) is 0 Å². The van der Waals surface area contributed by atoms with Gasteiger partial charge < -0.3 is 19.7 Å². The van der Waals surface area contributed by atoms with E-state index in [4.69, 9.17) is 9.47 Å². The molecule has 1 fully saturated rings. The molecule has 1 aromatic heterocycles. The van der Waals surface area contributed by atoms with Crippen molar-refractivity contribution >= 4 is 23.2 Å². The van der Waals surface area contributed by atoms with Crippen molar-refractivity contribution in [1.82, 2.24) is 15.2 Å². The Labute approximate surface area is 183 Å². The molecule has 0 spiro atoms. The molecule has 1 saturated heterocycles. The fourth-order valence-electron chi connectivity index (χ4n) is 3.84. The highest BCUT2D eigenvalue weighted by Crippen LogP contribution is 2.33. The van der Waals surface area contributed by atoms with Crippen molar-refractivity contribution in [2.24, 2.45) is 0 Å². The van der Waals surface area contributed by atoms with Gasteiger partial charge in [-0.3, -0.25) is 9.59 Å². The molecular formula is C23H21N3O4S. The third-order valence-electron chi connectivity index (χ3n) is 5.44. The van der Waals surface area contributed by atoms with E-state index < -0.39 is 6.04 Å². The van der Waals surface area contributed by atoms with E-state index >= 15 is 0 Å². The van der Waals surface area contributed by atoms with Gasteiger partial charge in [-0.2, -0.15) is 0 Å². The first kappa shape index (κ1) is 19.6. The van der Waals surface area contributed by atoms with Crippen molar-refractivity contribution in [3.05, 3.63) is 65.2 Å². The largest absolute Gasteiger partial charge is 0.454 e. The fourth-order valence-corrected chi connectivity index (χ4v) is 4.66. The number of fused-ring (bicyclic) bond motifs is 1. The van der Waals surface area contributed by atoms with E-state index in [9.17, 15) is 9.59 Å². The van der Waals surface area contributed by atoms with Gasteiger partial charge in [-0.25, -0.2) is 4.98 Å². The SMILES string of the molecule is O=C(NCc1csc(-c2ccccc2)n1)C1CCC(=O)N1Cc1ccc2c(c1)OCO2. The molecule has 2 amide bonds. The number of nitrogens with zero attached hydrogens (tertiary/aromatic N) is 2. The van der Waals surface area contributed by atoms with Gasteiger partial charge in [0.25, 0.3) is 0 Å². The van der Waals surface area contributed by atoms with Crippen molar-refractivity contribution in [2.45, 2.75) is 32.0 Å². The van der Waals surface area contributed by atoms with Crippen LogP contribution >= 0.6 is 11.3 Å². The summed E-state index contributed by atoms with van der Waals surface area (Å²) in [7, 11) is 0. The zero-order valence-electron chi connectivity index (χ0n) is 16.7. The van der Waals surface area contributed by atoms with Gasteiger partial charge in [0, 0.05) is 23.9 Å². The van der Waals surface area contributed by atoms with Crippen LogP contribution in [0.1, 0.15) is 24.1 Å². The summed E-state index contributed by atoms with van der Waals surface area (Å²) < 4.78 is 10.8. The Morgan fingerprint density at radius 1 is 1.16 bits per heavy atom. The van der Waals surface area contributed by atoms with Gasteiger partial charge in [0.2, 0.25) is 18.6 Å². The molecule has 8 heteroatoms. The zero-order valence-corrected chi connectivity index (χ0v) is 17.6. The summed E-state index contributed by atoms with van der Waals surface area (Å²) in [5, 5.41) is 5.82. The van der Waals surface area contributed by atoms with Crippen LogP contribution in [0.2, 0.25) is 0 Å². The number of nitrogens with one attached hydrogen (secondary N) is 1. The number of thiazole rings is 1. The van der Waals surface area contributed by atoms with Crippen LogP contribution in [0, 0.1) is 0 Å². The number of benzene rings is 2. The summed E-state index contributed by atoms with van der Waals surface area (Å²) in [4.78, 5) is 31.5. The number of carbonyl (C=O) groups excluding carboxylic acids is 2. The number of ether oxygens (including phenoxy) is 2. The molecule has 3 aromatic rings. The second-order valence-electron chi connectivity index (χ2n) is 7.49. The highest BCUT2D eigenvalue weighted by Gasteiger charge is 2.36. The molecule has 1 unspecified atom stereocenters. The highest BCUT2D eigenvalue weighted by atomic mass is 32.1. The van der Waals surface area contributed by atoms with E-state index in [1.807, 2.05) is 53.9 Å². The van der Waals surface area contributed by atoms with Crippen LogP contribution in [-0.2, 0) is 22.7 Å². The van der Waals surface area contributed by atoms with Crippen LogP contribution in [0.5, 0.6) is 11.5 Å². The number of rotatable bonds is 6. The average Bonchev–Trinajstić information content (AvgIpc) is 3.53. The Bertz CT molecular complexity index is 1120. The summed E-state index contributed by atoms with van der Waals surface area (Å²) in [6.45, 7) is 0.905. The lowest BCUT2D eigenvalue weighted by molar-refractivity contribution is -0.135. The van der Waals surface area contributed by atoms with E-state index in [0.29, 0.717) is 37.4 Å². The molecule has 0 saturated carbocycles.